The average molecular weight is 348 g/mol. The molecule has 6 nitrogen and oxygen atoms in total. The Balaban J connectivity index is 0.00000242. The van der Waals surface area contributed by atoms with Gasteiger partial charge in [-0.2, -0.15) is 0 Å². The Bertz CT molecular complexity index is 584. The number of carbonyl (C=O) groups excluding carboxylic acids is 1. The fraction of sp³-hybridized carbons (Fsp3) is 0.500. The molecule has 1 unspecified atom stereocenters. The SMILES string of the molecule is Cl.NS(=O)(=O)c1ccc(CCNC(=O)CC2CCCN2)cc1. The van der Waals surface area contributed by atoms with Crippen molar-refractivity contribution in [3.8, 4) is 0 Å². The molecule has 124 valence electrons. The zero-order valence-electron chi connectivity index (χ0n) is 12.2. The molecule has 1 atom stereocenters. The molecule has 1 amide bonds. The molecule has 0 radical (unpaired) electrons. The third kappa shape index (κ3) is 5.92. The number of sulfonamides is 1. The second-order valence-corrected chi connectivity index (χ2v) is 6.85. The molecule has 1 aromatic rings. The minimum atomic E-state index is -3.64. The predicted octanol–water partition coefficient (Wildman–Crippen LogP) is 0.557. The average Bonchev–Trinajstić information content (AvgIpc) is 2.91. The molecule has 0 aliphatic carbocycles. The predicted molar refractivity (Wildman–Crippen MR) is 87.4 cm³/mol. The molecule has 1 aliphatic rings. The van der Waals surface area contributed by atoms with Crippen molar-refractivity contribution in [2.24, 2.45) is 5.14 Å². The van der Waals surface area contributed by atoms with Gasteiger partial charge in [0.15, 0.2) is 0 Å². The summed E-state index contributed by atoms with van der Waals surface area (Å²) in [5, 5.41) is 11.2. The van der Waals surface area contributed by atoms with Crippen molar-refractivity contribution in [1.82, 2.24) is 10.6 Å². The summed E-state index contributed by atoms with van der Waals surface area (Å²) in [5.41, 5.74) is 0.960. The van der Waals surface area contributed by atoms with Gasteiger partial charge in [0.2, 0.25) is 15.9 Å². The van der Waals surface area contributed by atoms with Crippen LogP contribution in [-0.2, 0) is 21.2 Å². The van der Waals surface area contributed by atoms with Crippen LogP contribution in [0.5, 0.6) is 0 Å². The van der Waals surface area contributed by atoms with Gasteiger partial charge in [-0.25, -0.2) is 13.6 Å². The number of primary sulfonamides is 1. The van der Waals surface area contributed by atoms with Gasteiger partial charge in [0, 0.05) is 19.0 Å². The lowest BCUT2D eigenvalue weighted by Gasteiger charge is -2.10. The first-order valence-electron chi connectivity index (χ1n) is 7.07. The van der Waals surface area contributed by atoms with E-state index < -0.39 is 10.0 Å². The van der Waals surface area contributed by atoms with E-state index in [0.717, 1.165) is 24.9 Å². The van der Waals surface area contributed by atoms with Crippen molar-refractivity contribution >= 4 is 28.3 Å². The quantitative estimate of drug-likeness (QED) is 0.699. The molecule has 8 heteroatoms. The van der Waals surface area contributed by atoms with E-state index in [4.69, 9.17) is 5.14 Å². The Morgan fingerprint density at radius 3 is 2.55 bits per heavy atom. The summed E-state index contributed by atoms with van der Waals surface area (Å²) >= 11 is 0. The third-order valence-electron chi connectivity index (χ3n) is 3.58. The van der Waals surface area contributed by atoms with E-state index in [1.807, 2.05) is 0 Å². The molecule has 0 saturated carbocycles. The Hall–Kier alpha value is -1.15. The van der Waals surface area contributed by atoms with E-state index in [1.54, 1.807) is 12.1 Å². The Kier molecular flexibility index (Phi) is 7.28. The van der Waals surface area contributed by atoms with Gasteiger partial charge >= 0.3 is 0 Å². The molecular weight excluding hydrogens is 326 g/mol. The molecule has 22 heavy (non-hydrogen) atoms. The number of nitrogens with two attached hydrogens (primary N) is 1. The minimum Gasteiger partial charge on any atom is -0.356 e. The summed E-state index contributed by atoms with van der Waals surface area (Å²) in [6, 6.07) is 6.69. The van der Waals surface area contributed by atoms with Crippen LogP contribution in [0.2, 0.25) is 0 Å². The van der Waals surface area contributed by atoms with Crippen LogP contribution in [0.4, 0.5) is 0 Å². The third-order valence-corrected chi connectivity index (χ3v) is 4.51. The monoisotopic (exact) mass is 347 g/mol. The molecule has 0 aromatic heterocycles. The molecule has 1 saturated heterocycles. The molecular formula is C14H22ClN3O3S. The van der Waals surface area contributed by atoms with Crippen LogP contribution in [0.1, 0.15) is 24.8 Å². The molecule has 4 N–H and O–H groups in total. The number of carbonyl (C=O) groups is 1. The Morgan fingerprint density at radius 1 is 1.32 bits per heavy atom. The van der Waals surface area contributed by atoms with Gasteiger partial charge in [-0.1, -0.05) is 12.1 Å². The maximum atomic E-state index is 11.7. The zero-order valence-corrected chi connectivity index (χ0v) is 13.9. The molecule has 1 aromatic carbocycles. The maximum Gasteiger partial charge on any atom is 0.238 e. The van der Waals surface area contributed by atoms with E-state index in [0.29, 0.717) is 25.4 Å². The van der Waals surface area contributed by atoms with E-state index in [-0.39, 0.29) is 23.2 Å². The van der Waals surface area contributed by atoms with Gasteiger partial charge in [-0.05, 0) is 43.5 Å². The topological polar surface area (TPSA) is 101 Å². The number of nitrogens with one attached hydrogen (secondary N) is 2. The normalized spacial score (nSPS) is 17.8. The molecule has 1 aliphatic heterocycles. The standard InChI is InChI=1S/C14H21N3O3S.ClH/c15-21(19,20)13-5-3-11(4-6-13)7-9-17-14(18)10-12-2-1-8-16-12;/h3-6,12,16H,1-2,7-10H2,(H,17,18)(H2,15,19,20);1H. The Labute approximate surface area is 137 Å². The molecule has 1 heterocycles. The first kappa shape index (κ1) is 18.9. The van der Waals surface area contributed by atoms with E-state index >= 15 is 0 Å². The highest BCUT2D eigenvalue weighted by molar-refractivity contribution is 7.89. The van der Waals surface area contributed by atoms with Gasteiger partial charge < -0.3 is 10.6 Å². The van der Waals surface area contributed by atoms with Gasteiger partial charge in [-0.15, -0.1) is 12.4 Å². The van der Waals surface area contributed by atoms with Gasteiger partial charge in [0.25, 0.3) is 0 Å². The van der Waals surface area contributed by atoms with Crippen molar-refractivity contribution in [3.05, 3.63) is 29.8 Å². The molecule has 0 bridgehead atoms. The van der Waals surface area contributed by atoms with Crippen LogP contribution in [0.25, 0.3) is 0 Å². The minimum absolute atomic E-state index is 0. The summed E-state index contributed by atoms with van der Waals surface area (Å²) in [4.78, 5) is 11.8. The second kappa shape index (κ2) is 8.47. The van der Waals surface area contributed by atoms with Crippen molar-refractivity contribution < 1.29 is 13.2 Å². The van der Waals surface area contributed by atoms with Gasteiger partial charge in [0.1, 0.15) is 0 Å². The van der Waals surface area contributed by atoms with E-state index in [1.165, 1.54) is 12.1 Å². The fourth-order valence-electron chi connectivity index (χ4n) is 2.42. The van der Waals surface area contributed by atoms with Crippen LogP contribution in [0, 0.1) is 0 Å². The summed E-state index contributed by atoms with van der Waals surface area (Å²) in [6.45, 7) is 1.54. The summed E-state index contributed by atoms with van der Waals surface area (Å²) < 4.78 is 22.3. The van der Waals surface area contributed by atoms with Crippen LogP contribution in [0.3, 0.4) is 0 Å². The van der Waals surface area contributed by atoms with E-state index in [2.05, 4.69) is 10.6 Å². The summed E-state index contributed by atoms with van der Waals surface area (Å²) in [6.07, 6.45) is 3.37. The molecule has 0 spiro atoms. The maximum absolute atomic E-state index is 11.7. The summed E-state index contributed by atoms with van der Waals surface area (Å²) in [5.74, 6) is 0.0514. The number of hydrogen-bond donors (Lipinski definition) is 3. The number of rotatable bonds is 6. The fourth-order valence-corrected chi connectivity index (χ4v) is 2.93. The highest BCUT2D eigenvalue weighted by Gasteiger charge is 2.17. The largest absolute Gasteiger partial charge is 0.356 e. The van der Waals surface area contributed by atoms with Crippen LogP contribution >= 0.6 is 12.4 Å². The number of halogens is 1. The number of hydrogen-bond acceptors (Lipinski definition) is 4. The lowest BCUT2D eigenvalue weighted by molar-refractivity contribution is -0.121. The molecule has 2 rings (SSSR count). The Morgan fingerprint density at radius 2 is 2.00 bits per heavy atom. The van der Waals surface area contributed by atoms with Gasteiger partial charge in [0.05, 0.1) is 4.90 Å². The molecule has 1 fully saturated rings. The highest BCUT2D eigenvalue weighted by atomic mass is 35.5. The van der Waals surface area contributed by atoms with E-state index in [9.17, 15) is 13.2 Å². The summed E-state index contributed by atoms with van der Waals surface area (Å²) in [7, 11) is -3.64. The number of amides is 1. The lowest BCUT2D eigenvalue weighted by atomic mass is 10.1. The van der Waals surface area contributed by atoms with Crippen LogP contribution in [0.15, 0.2) is 29.2 Å². The zero-order chi connectivity index (χ0) is 15.3. The van der Waals surface area contributed by atoms with Crippen molar-refractivity contribution in [1.29, 1.82) is 0 Å². The highest BCUT2D eigenvalue weighted by Crippen LogP contribution is 2.10. The van der Waals surface area contributed by atoms with Crippen molar-refractivity contribution in [3.63, 3.8) is 0 Å². The first-order chi connectivity index (χ1) is 9.95. The second-order valence-electron chi connectivity index (χ2n) is 5.29. The van der Waals surface area contributed by atoms with Crippen molar-refractivity contribution in [2.75, 3.05) is 13.1 Å². The smallest absolute Gasteiger partial charge is 0.238 e. The van der Waals surface area contributed by atoms with Crippen LogP contribution < -0.4 is 15.8 Å². The van der Waals surface area contributed by atoms with Crippen molar-refractivity contribution in [2.45, 2.75) is 36.6 Å². The number of benzene rings is 1. The first-order valence-corrected chi connectivity index (χ1v) is 8.61. The van der Waals surface area contributed by atoms with Gasteiger partial charge in [-0.3, -0.25) is 4.79 Å². The van der Waals surface area contributed by atoms with Crippen LogP contribution in [-0.4, -0.2) is 33.5 Å². The lowest BCUT2D eigenvalue weighted by Crippen LogP contribution is -2.32.